The number of benzene rings is 1. The number of para-hydroxylation sites is 1. The molecule has 2 aromatic rings. The van der Waals surface area contributed by atoms with Gasteiger partial charge >= 0.3 is 5.69 Å². The molecule has 19 heavy (non-hydrogen) atoms. The van der Waals surface area contributed by atoms with Crippen LogP contribution in [0.15, 0.2) is 40.2 Å². The van der Waals surface area contributed by atoms with Crippen LogP contribution in [0.3, 0.4) is 0 Å². The summed E-state index contributed by atoms with van der Waals surface area (Å²) in [6.45, 7) is 0. The van der Waals surface area contributed by atoms with Crippen LogP contribution in [0.2, 0.25) is 0 Å². The van der Waals surface area contributed by atoms with Gasteiger partial charge in [-0.2, -0.15) is 0 Å². The van der Waals surface area contributed by atoms with Crippen LogP contribution >= 0.6 is 0 Å². The largest absolute Gasteiger partial charge is 0.323 e. The van der Waals surface area contributed by atoms with E-state index in [-0.39, 0.29) is 16.3 Å². The van der Waals surface area contributed by atoms with E-state index in [4.69, 9.17) is 5.14 Å². The van der Waals surface area contributed by atoms with Crippen molar-refractivity contribution in [1.29, 1.82) is 0 Å². The summed E-state index contributed by atoms with van der Waals surface area (Å²) in [6.07, 6.45) is 1.18. The SMILES string of the molecule is NS(=O)(=O)c1ccccc1NC(=O)c1c[nH]c(=O)[nH]1. The summed E-state index contributed by atoms with van der Waals surface area (Å²) in [5.74, 6) is -0.658. The number of rotatable bonds is 3. The van der Waals surface area contributed by atoms with Gasteiger partial charge in [-0.15, -0.1) is 0 Å². The number of carbonyl (C=O) groups is 1. The van der Waals surface area contributed by atoms with Gasteiger partial charge in [-0.3, -0.25) is 4.79 Å². The second kappa shape index (κ2) is 4.71. The van der Waals surface area contributed by atoms with E-state index in [1.165, 1.54) is 24.4 Å². The first kappa shape index (κ1) is 13.1. The van der Waals surface area contributed by atoms with Gasteiger partial charge in [-0.05, 0) is 12.1 Å². The van der Waals surface area contributed by atoms with E-state index in [1.54, 1.807) is 6.07 Å². The number of nitrogens with one attached hydrogen (secondary N) is 3. The highest BCUT2D eigenvalue weighted by Gasteiger charge is 2.16. The Kier molecular flexibility index (Phi) is 3.23. The van der Waals surface area contributed by atoms with Gasteiger partial charge in [-0.1, -0.05) is 12.1 Å². The number of anilines is 1. The van der Waals surface area contributed by atoms with E-state index in [2.05, 4.69) is 15.3 Å². The number of hydrogen-bond donors (Lipinski definition) is 4. The van der Waals surface area contributed by atoms with E-state index in [1.807, 2.05) is 0 Å². The number of aromatic amines is 2. The van der Waals surface area contributed by atoms with Crippen molar-refractivity contribution in [1.82, 2.24) is 9.97 Å². The van der Waals surface area contributed by atoms with Crippen LogP contribution in [0, 0.1) is 0 Å². The molecule has 0 unspecified atom stereocenters. The summed E-state index contributed by atoms with van der Waals surface area (Å²) in [5, 5.41) is 7.39. The third-order valence-corrected chi connectivity index (χ3v) is 3.25. The lowest BCUT2D eigenvalue weighted by Crippen LogP contribution is -2.19. The zero-order chi connectivity index (χ0) is 14.0. The molecule has 1 amide bonds. The van der Waals surface area contributed by atoms with E-state index >= 15 is 0 Å². The van der Waals surface area contributed by atoms with Gasteiger partial charge in [0.15, 0.2) is 0 Å². The third-order valence-electron chi connectivity index (χ3n) is 2.28. The molecular formula is C10H10N4O4S. The Morgan fingerprint density at radius 3 is 2.53 bits per heavy atom. The van der Waals surface area contributed by atoms with Crippen LogP contribution in [-0.2, 0) is 10.0 Å². The lowest BCUT2D eigenvalue weighted by molar-refractivity contribution is 0.102. The van der Waals surface area contributed by atoms with Crippen LogP contribution < -0.4 is 16.1 Å². The quantitative estimate of drug-likeness (QED) is 0.608. The number of H-pyrrole nitrogens is 2. The van der Waals surface area contributed by atoms with Gasteiger partial charge < -0.3 is 15.3 Å². The standard InChI is InChI=1S/C10H10N4O4S/c11-19(17,18)8-4-2-1-3-6(8)13-9(15)7-5-12-10(16)14-7/h1-5H,(H,13,15)(H2,11,17,18)(H2,12,14,16). The Morgan fingerprint density at radius 1 is 1.26 bits per heavy atom. The molecule has 0 aliphatic carbocycles. The monoisotopic (exact) mass is 282 g/mol. The summed E-state index contributed by atoms with van der Waals surface area (Å²) in [6, 6.07) is 5.69. The average molecular weight is 282 g/mol. The van der Waals surface area contributed by atoms with Crippen molar-refractivity contribution in [3.63, 3.8) is 0 Å². The average Bonchev–Trinajstić information content (AvgIpc) is 2.75. The molecule has 0 radical (unpaired) electrons. The van der Waals surface area contributed by atoms with Crippen LogP contribution in [0.5, 0.6) is 0 Å². The molecule has 1 heterocycles. The molecular weight excluding hydrogens is 272 g/mol. The number of amides is 1. The van der Waals surface area contributed by atoms with Crippen molar-refractivity contribution >= 4 is 21.6 Å². The first-order valence-electron chi connectivity index (χ1n) is 5.09. The summed E-state index contributed by atoms with van der Waals surface area (Å²) < 4.78 is 22.7. The lowest BCUT2D eigenvalue weighted by Gasteiger charge is -2.08. The molecule has 0 fully saturated rings. The Labute approximate surface area is 107 Å². The fraction of sp³-hybridized carbons (Fsp3) is 0. The number of hydrogen-bond acceptors (Lipinski definition) is 4. The van der Waals surface area contributed by atoms with Crippen LogP contribution in [0.4, 0.5) is 5.69 Å². The molecule has 0 saturated carbocycles. The summed E-state index contributed by atoms with van der Waals surface area (Å²) in [7, 11) is -3.95. The Hall–Kier alpha value is -2.39. The first-order chi connectivity index (χ1) is 8.88. The molecule has 0 atom stereocenters. The lowest BCUT2D eigenvalue weighted by atomic mass is 10.3. The van der Waals surface area contributed by atoms with Gasteiger partial charge in [0.25, 0.3) is 5.91 Å². The maximum absolute atomic E-state index is 11.8. The zero-order valence-electron chi connectivity index (χ0n) is 9.51. The van der Waals surface area contributed by atoms with Crippen molar-refractivity contribution in [2.45, 2.75) is 4.90 Å². The fourth-order valence-corrected chi connectivity index (χ4v) is 2.16. The van der Waals surface area contributed by atoms with Crippen LogP contribution in [0.25, 0.3) is 0 Å². The molecule has 1 aromatic heterocycles. The molecule has 0 spiro atoms. The molecule has 100 valence electrons. The maximum atomic E-state index is 11.8. The molecule has 0 aliphatic heterocycles. The normalized spacial score (nSPS) is 11.2. The number of primary sulfonamides is 1. The van der Waals surface area contributed by atoms with Crippen molar-refractivity contribution in [3.05, 3.63) is 46.6 Å². The van der Waals surface area contributed by atoms with Gasteiger partial charge in [0, 0.05) is 6.20 Å². The summed E-state index contributed by atoms with van der Waals surface area (Å²) in [5.41, 5.74) is -0.517. The van der Waals surface area contributed by atoms with Crippen molar-refractivity contribution in [3.8, 4) is 0 Å². The van der Waals surface area contributed by atoms with Crippen molar-refractivity contribution in [2.75, 3.05) is 5.32 Å². The zero-order valence-corrected chi connectivity index (χ0v) is 10.3. The molecule has 5 N–H and O–H groups in total. The Balaban J connectivity index is 2.35. The number of sulfonamides is 1. The van der Waals surface area contributed by atoms with Gasteiger partial charge in [-0.25, -0.2) is 18.4 Å². The van der Waals surface area contributed by atoms with Gasteiger partial charge in [0.05, 0.1) is 5.69 Å². The van der Waals surface area contributed by atoms with Crippen LogP contribution in [0.1, 0.15) is 10.5 Å². The molecule has 1 aromatic carbocycles. The van der Waals surface area contributed by atoms with E-state index in [0.717, 1.165) is 0 Å². The number of aromatic nitrogens is 2. The highest BCUT2D eigenvalue weighted by molar-refractivity contribution is 7.89. The maximum Gasteiger partial charge on any atom is 0.323 e. The second-order valence-electron chi connectivity index (χ2n) is 3.65. The molecule has 0 saturated heterocycles. The van der Waals surface area contributed by atoms with Crippen molar-refractivity contribution < 1.29 is 13.2 Å². The molecule has 8 nitrogen and oxygen atoms in total. The third kappa shape index (κ3) is 2.89. The molecule has 2 rings (SSSR count). The summed E-state index contributed by atoms with van der Waals surface area (Å²) >= 11 is 0. The Morgan fingerprint density at radius 2 is 1.95 bits per heavy atom. The number of nitrogens with two attached hydrogens (primary N) is 1. The van der Waals surface area contributed by atoms with E-state index < -0.39 is 21.6 Å². The Bertz CT molecular complexity index is 775. The summed E-state index contributed by atoms with van der Waals surface area (Å²) in [4.78, 5) is 26.9. The number of imidazole rings is 1. The highest BCUT2D eigenvalue weighted by Crippen LogP contribution is 2.19. The predicted octanol–water partition coefficient (Wildman–Crippen LogP) is -0.397. The predicted molar refractivity (Wildman–Crippen MR) is 67.2 cm³/mol. The smallest absolute Gasteiger partial charge is 0.319 e. The van der Waals surface area contributed by atoms with E-state index in [0.29, 0.717) is 0 Å². The minimum absolute atomic E-state index is 0.0192. The van der Waals surface area contributed by atoms with Gasteiger partial charge in [0.1, 0.15) is 10.6 Å². The minimum Gasteiger partial charge on any atom is -0.319 e. The fourth-order valence-electron chi connectivity index (χ4n) is 1.46. The molecule has 9 heteroatoms. The topological polar surface area (TPSA) is 138 Å². The van der Waals surface area contributed by atoms with Crippen molar-refractivity contribution in [2.24, 2.45) is 5.14 Å². The van der Waals surface area contributed by atoms with Gasteiger partial charge in [0.2, 0.25) is 10.0 Å². The first-order valence-corrected chi connectivity index (χ1v) is 6.63. The molecule has 0 aliphatic rings. The minimum atomic E-state index is -3.95. The van der Waals surface area contributed by atoms with Crippen LogP contribution in [-0.4, -0.2) is 24.3 Å². The highest BCUT2D eigenvalue weighted by atomic mass is 32.2. The second-order valence-corrected chi connectivity index (χ2v) is 5.18. The van der Waals surface area contributed by atoms with E-state index in [9.17, 15) is 18.0 Å². The molecule has 0 bridgehead atoms. The number of carbonyl (C=O) groups excluding carboxylic acids is 1.